The third-order valence-electron chi connectivity index (χ3n) is 3.86. The first-order chi connectivity index (χ1) is 13.1. The number of aryl methyl sites for hydroxylation is 1. The predicted molar refractivity (Wildman–Crippen MR) is 105 cm³/mol. The number of aromatic nitrogens is 2. The number of benzene rings is 1. The lowest BCUT2D eigenvalue weighted by Gasteiger charge is -2.20. The molecule has 0 spiro atoms. The molecule has 0 aliphatic heterocycles. The molecule has 0 fully saturated rings. The monoisotopic (exact) mass is 405 g/mol. The van der Waals surface area contributed by atoms with Crippen molar-refractivity contribution in [1.82, 2.24) is 15.1 Å². The molecule has 2 aromatic heterocycles. The van der Waals surface area contributed by atoms with Crippen molar-refractivity contribution in [3.05, 3.63) is 52.2 Å². The third-order valence-corrected chi connectivity index (χ3v) is 4.95. The first-order valence-electron chi connectivity index (χ1n) is 8.59. The Morgan fingerprint density at radius 3 is 2.89 bits per heavy atom. The average molecular weight is 406 g/mol. The lowest BCUT2D eigenvalue weighted by atomic mass is 10.2. The number of rotatable bonds is 8. The van der Waals surface area contributed by atoms with Gasteiger partial charge in [-0.15, -0.1) is 21.5 Å². The number of amides is 1. The van der Waals surface area contributed by atoms with Crippen molar-refractivity contribution in [1.29, 1.82) is 0 Å². The topological polar surface area (TPSA) is 68.5 Å². The first-order valence-corrected chi connectivity index (χ1v) is 9.85. The van der Waals surface area contributed by atoms with Gasteiger partial charge in [0.2, 0.25) is 5.89 Å². The SMILES string of the molecule is CCCN(Cc1nnc(-c2cccs2)o1)C(=O)COc1ccc(Cl)cc1C. The summed E-state index contributed by atoms with van der Waals surface area (Å²) in [5.41, 5.74) is 0.884. The Morgan fingerprint density at radius 1 is 1.33 bits per heavy atom. The number of halogens is 1. The maximum Gasteiger partial charge on any atom is 0.260 e. The van der Waals surface area contributed by atoms with E-state index < -0.39 is 0 Å². The fraction of sp³-hybridized carbons (Fsp3) is 0.316. The van der Waals surface area contributed by atoms with Gasteiger partial charge in [0.05, 0.1) is 11.4 Å². The zero-order valence-electron chi connectivity index (χ0n) is 15.1. The van der Waals surface area contributed by atoms with Gasteiger partial charge in [-0.2, -0.15) is 0 Å². The summed E-state index contributed by atoms with van der Waals surface area (Å²) in [6, 6.07) is 9.14. The van der Waals surface area contributed by atoms with Crippen LogP contribution in [0.5, 0.6) is 5.75 Å². The molecule has 2 heterocycles. The highest BCUT2D eigenvalue weighted by molar-refractivity contribution is 7.13. The molecule has 0 radical (unpaired) electrons. The van der Waals surface area contributed by atoms with Crippen LogP contribution in [0.15, 0.2) is 40.1 Å². The number of thiophene rings is 1. The number of ether oxygens (including phenoxy) is 1. The standard InChI is InChI=1S/C19H20ClN3O3S/c1-3-8-23(11-17-21-22-19(26-17)16-5-4-9-27-16)18(24)12-25-15-7-6-14(20)10-13(15)2/h4-7,9-10H,3,8,11-12H2,1-2H3. The average Bonchev–Trinajstić information content (AvgIpc) is 3.32. The molecule has 0 bridgehead atoms. The van der Waals surface area contributed by atoms with Gasteiger partial charge in [-0.1, -0.05) is 24.6 Å². The molecule has 0 unspecified atom stereocenters. The van der Waals surface area contributed by atoms with E-state index in [0.29, 0.717) is 29.1 Å². The molecule has 27 heavy (non-hydrogen) atoms. The fourth-order valence-electron chi connectivity index (χ4n) is 2.55. The normalized spacial score (nSPS) is 10.8. The highest BCUT2D eigenvalue weighted by Crippen LogP contribution is 2.24. The van der Waals surface area contributed by atoms with Gasteiger partial charge >= 0.3 is 0 Å². The molecule has 0 N–H and O–H groups in total. The van der Waals surface area contributed by atoms with E-state index in [-0.39, 0.29) is 19.1 Å². The minimum absolute atomic E-state index is 0.0611. The Labute approximate surface area is 166 Å². The van der Waals surface area contributed by atoms with E-state index in [9.17, 15) is 4.79 Å². The van der Waals surface area contributed by atoms with Gasteiger partial charge in [-0.3, -0.25) is 4.79 Å². The predicted octanol–water partition coefficient (Wildman–Crippen LogP) is 4.58. The van der Waals surface area contributed by atoms with Gasteiger partial charge < -0.3 is 14.1 Å². The Kier molecular flexibility index (Phi) is 6.47. The van der Waals surface area contributed by atoms with Crippen LogP contribution in [0.4, 0.5) is 0 Å². The van der Waals surface area contributed by atoms with Gasteiger partial charge in [-0.05, 0) is 48.6 Å². The second-order valence-corrected chi connectivity index (χ2v) is 7.38. The van der Waals surface area contributed by atoms with Crippen molar-refractivity contribution in [3.63, 3.8) is 0 Å². The van der Waals surface area contributed by atoms with Gasteiger partial charge in [0.25, 0.3) is 11.8 Å². The van der Waals surface area contributed by atoms with Gasteiger partial charge in [0.1, 0.15) is 5.75 Å². The van der Waals surface area contributed by atoms with Crippen LogP contribution >= 0.6 is 22.9 Å². The summed E-state index contributed by atoms with van der Waals surface area (Å²) in [6.45, 7) is 4.68. The van der Waals surface area contributed by atoms with E-state index in [4.69, 9.17) is 20.8 Å². The van der Waals surface area contributed by atoms with Gasteiger partial charge in [0, 0.05) is 11.6 Å². The highest BCUT2D eigenvalue weighted by Gasteiger charge is 2.18. The molecule has 3 aromatic rings. The van der Waals surface area contributed by atoms with Crippen molar-refractivity contribution in [2.24, 2.45) is 0 Å². The van der Waals surface area contributed by atoms with E-state index >= 15 is 0 Å². The maximum absolute atomic E-state index is 12.6. The molecule has 142 valence electrons. The number of carbonyl (C=O) groups excluding carboxylic acids is 1. The molecule has 0 aliphatic carbocycles. The lowest BCUT2D eigenvalue weighted by Crippen LogP contribution is -2.35. The number of carbonyl (C=O) groups is 1. The number of hydrogen-bond donors (Lipinski definition) is 0. The Balaban J connectivity index is 1.63. The summed E-state index contributed by atoms with van der Waals surface area (Å²) < 4.78 is 11.4. The summed E-state index contributed by atoms with van der Waals surface area (Å²) in [6.07, 6.45) is 0.817. The van der Waals surface area contributed by atoms with Gasteiger partial charge in [0.15, 0.2) is 6.61 Å². The quantitative estimate of drug-likeness (QED) is 0.548. The Bertz CT molecular complexity index is 896. The Morgan fingerprint density at radius 2 is 2.19 bits per heavy atom. The lowest BCUT2D eigenvalue weighted by molar-refractivity contribution is -0.134. The van der Waals surface area contributed by atoms with Crippen molar-refractivity contribution < 1.29 is 13.9 Å². The van der Waals surface area contributed by atoms with Gasteiger partial charge in [-0.25, -0.2) is 0 Å². The summed E-state index contributed by atoms with van der Waals surface area (Å²) >= 11 is 7.47. The molecule has 3 rings (SSSR count). The summed E-state index contributed by atoms with van der Waals surface area (Å²) in [4.78, 5) is 15.2. The number of hydrogen-bond acceptors (Lipinski definition) is 6. The fourth-order valence-corrected chi connectivity index (χ4v) is 3.42. The largest absolute Gasteiger partial charge is 0.483 e. The second-order valence-electron chi connectivity index (χ2n) is 5.99. The third kappa shape index (κ3) is 5.08. The molecule has 8 heteroatoms. The van der Waals surface area contributed by atoms with Crippen LogP contribution in [-0.2, 0) is 11.3 Å². The van der Waals surface area contributed by atoms with E-state index in [1.54, 1.807) is 23.1 Å². The second kappa shape index (κ2) is 9.01. The van der Waals surface area contributed by atoms with Crippen LogP contribution in [-0.4, -0.2) is 34.2 Å². The van der Waals surface area contributed by atoms with Crippen LogP contribution in [0.1, 0.15) is 24.8 Å². The molecule has 0 aliphatic rings. The highest BCUT2D eigenvalue weighted by atomic mass is 35.5. The van der Waals surface area contributed by atoms with Crippen molar-refractivity contribution in [2.75, 3.05) is 13.2 Å². The summed E-state index contributed by atoms with van der Waals surface area (Å²) in [5.74, 6) is 1.38. The van der Waals surface area contributed by atoms with E-state index in [2.05, 4.69) is 10.2 Å². The molecule has 0 saturated carbocycles. The Hall–Kier alpha value is -2.38. The van der Waals surface area contributed by atoms with Crippen molar-refractivity contribution in [3.8, 4) is 16.5 Å². The zero-order valence-corrected chi connectivity index (χ0v) is 16.7. The van der Waals surface area contributed by atoms with Crippen molar-refractivity contribution >= 4 is 28.8 Å². The maximum atomic E-state index is 12.6. The minimum Gasteiger partial charge on any atom is -0.483 e. The van der Waals surface area contributed by atoms with Crippen LogP contribution < -0.4 is 4.74 Å². The molecule has 6 nitrogen and oxygen atoms in total. The minimum atomic E-state index is -0.137. The molecular weight excluding hydrogens is 386 g/mol. The number of nitrogens with zero attached hydrogens (tertiary/aromatic N) is 3. The smallest absolute Gasteiger partial charge is 0.260 e. The van der Waals surface area contributed by atoms with Crippen molar-refractivity contribution in [2.45, 2.75) is 26.8 Å². The molecule has 1 aromatic carbocycles. The van der Waals surface area contributed by atoms with Crippen LogP contribution in [0.25, 0.3) is 10.8 Å². The molecule has 0 saturated heterocycles. The van der Waals surface area contributed by atoms with Crippen LogP contribution in [0.2, 0.25) is 5.02 Å². The summed E-state index contributed by atoms with van der Waals surface area (Å²) in [7, 11) is 0. The van der Waals surface area contributed by atoms with E-state index in [1.807, 2.05) is 31.4 Å². The summed E-state index contributed by atoms with van der Waals surface area (Å²) in [5, 5.41) is 10.7. The van der Waals surface area contributed by atoms with Crippen LogP contribution in [0, 0.1) is 6.92 Å². The molecule has 0 atom stereocenters. The van der Waals surface area contributed by atoms with E-state index in [1.165, 1.54) is 11.3 Å². The molecular formula is C19H20ClN3O3S. The van der Waals surface area contributed by atoms with E-state index in [0.717, 1.165) is 16.9 Å². The zero-order chi connectivity index (χ0) is 19.2. The first kappa shape index (κ1) is 19.4. The van der Waals surface area contributed by atoms with Crippen LogP contribution in [0.3, 0.4) is 0 Å². The molecule has 1 amide bonds.